The topological polar surface area (TPSA) is 52.3 Å². The van der Waals surface area contributed by atoms with Crippen LogP contribution in [0.15, 0.2) is 42.5 Å². The molecule has 0 bridgehead atoms. The predicted octanol–water partition coefficient (Wildman–Crippen LogP) is 3.19. The van der Waals surface area contributed by atoms with Crippen molar-refractivity contribution in [2.75, 3.05) is 5.73 Å². The van der Waals surface area contributed by atoms with Gasteiger partial charge in [-0.3, -0.25) is 4.79 Å². The molecule has 0 atom stereocenters. The van der Waals surface area contributed by atoms with Crippen LogP contribution in [-0.4, -0.2) is 5.78 Å². The Morgan fingerprint density at radius 2 is 1.83 bits per heavy atom. The van der Waals surface area contributed by atoms with Gasteiger partial charge in [0.05, 0.1) is 5.69 Å². The Morgan fingerprint density at radius 3 is 2.61 bits per heavy atom. The summed E-state index contributed by atoms with van der Waals surface area (Å²) in [5.41, 5.74) is 8.30. The third kappa shape index (κ3) is 1.84. The molecule has 90 valence electrons. The first-order chi connectivity index (χ1) is 8.74. The molecule has 3 nitrogen and oxygen atoms in total. The first-order valence-corrected chi connectivity index (χ1v) is 5.92. The molecule has 0 saturated heterocycles. The lowest BCUT2D eigenvalue weighted by Crippen LogP contribution is -1.97. The fourth-order valence-electron chi connectivity index (χ4n) is 2.20. The van der Waals surface area contributed by atoms with E-state index in [1.807, 2.05) is 36.4 Å². The number of hydrogen-bond acceptors (Lipinski definition) is 3. The quantitative estimate of drug-likeness (QED) is 0.819. The number of Topliss-reactive ketones (excluding diaryl/α,β-unsaturated/α-hetero) is 1. The number of anilines is 1. The largest absolute Gasteiger partial charge is 0.455 e. The molecule has 0 fully saturated rings. The van der Waals surface area contributed by atoms with Crippen LogP contribution < -0.4 is 10.5 Å². The third-order valence-electron chi connectivity index (χ3n) is 3.13. The van der Waals surface area contributed by atoms with Gasteiger partial charge in [-0.25, -0.2) is 0 Å². The van der Waals surface area contributed by atoms with Crippen LogP contribution in [0.4, 0.5) is 5.69 Å². The number of rotatable bonds is 2. The molecule has 0 aliphatic heterocycles. The van der Waals surface area contributed by atoms with Gasteiger partial charge in [0.25, 0.3) is 0 Å². The Bertz CT molecular complexity index is 605. The van der Waals surface area contributed by atoms with E-state index < -0.39 is 0 Å². The zero-order valence-corrected chi connectivity index (χ0v) is 9.85. The minimum absolute atomic E-state index is 0.169. The van der Waals surface area contributed by atoms with E-state index >= 15 is 0 Å². The van der Waals surface area contributed by atoms with E-state index in [1.165, 1.54) is 0 Å². The summed E-state index contributed by atoms with van der Waals surface area (Å²) in [5.74, 6) is 1.44. The Morgan fingerprint density at radius 1 is 1.06 bits per heavy atom. The van der Waals surface area contributed by atoms with Gasteiger partial charge >= 0.3 is 0 Å². The zero-order chi connectivity index (χ0) is 12.5. The van der Waals surface area contributed by atoms with E-state index in [4.69, 9.17) is 10.5 Å². The number of nitrogens with two attached hydrogens (primary N) is 1. The van der Waals surface area contributed by atoms with Gasteiger partial charge < -0.3 is 10.5 Å². The average Bonchev–Trinajstić information content (AvgIpc) is 2.73. The van der Waals surface area contributed by atoms with Crippen LogP contribution >= 0.6 is 0 Å². The molecule has 0 unspecified atom stereocenters. The van der Waals surface area contributed by atoms with Crippen LogP contribution in [0.5, 0.6) is 11.5 Å². The molecule has 0 amide bonds. The molecule has 0 spiro atoms. The van der Waals surface area contributed by atoms with Crippen molar-refractivity contribution in [3.05, 3.63) is 53.6 Å². The minimum Gasteiger partial charge on any atom is -0.455 e. The number of para-hydroxylation sites is 1. The summed E-state index contributed by atoms with van der Waals surface area (Å²) < 4.78 is 5.71. The molecule has 2 N–H and O–H groups in total. The molecule has 3 rings (SSSR count). The van der Waals surface area contributed by atoms with Crippen LogP contribution in [0, 0.1) is 0 Å². The molecule has 0 radical (unpaired) electrons. The number of ether oxygens (including phenoxy) is 1. The Labute approximate surface area is 105 Å². The van der Waals surface area contributed by atoms with Gasteiger partial charge in [-0.2, -0.15) is 0 Å². The summed E-state index contributed by atoms with van der Waals surface area (Å²) in [7, 11) is 0. The average molecular weight is 239 g/mol. The van der Waals surface area contributed by atoms with Crippen molar-refractivity contribution in [3.63, 3.8) is 0 Å². The van der Waals surface area contributed by atoms with E-state index in [-0.39, 0.29) is 5.78 Å². The smallest absolute Gasteiger partial charge is 0.163 e. The SMILES string of the molecule is Nc1cc2c(cc1Oc1ccccc1)C(=O)CC2. The van der Waals surface area contributed by atoms with Crippen molar-refractivity contribution in [2.24, 2.45) is 0 Å². The van der Waals surface area contributed by atoms with Crippen LogP contribution in [-0.2, 0) is 6.42 Å². The summed E-state index contributed by atoms with van der Waals surface area (Å²) in [4.78, 5) is 11.7. The van der Waals surface area contributed by atoms with Gasteiger partial charge in [0, 0.05) is 12.0 Å². The second-order valence-electron chi connectivity index (χ2n) is 4.39. The molecule has 3 heteroatoms. The highest BCUT2D eigenvalue weighted by Gasteiger charge is 2.21. The van der Waals surface area contributed by atoms with Crippen LogP contribution in [0.1, 0.15) is 22.3 Å². The highest BCUT2D eigenvalue weighted by atomic mass is 16.5. The standard InChI is InChI=1S/C15H13NO2/c16-13-8-10-6-7-14(17)12(10)9-15(13)18-11-4-2-1-3-5-11/h1-5,8-9H,6-7,16H2. The summed E-state index contributed by atoms with van der Waals surface area (Å²) in [6, 6.07) is 13.0. The maximum absolute atomic E-state index is 11.7. The second-order valence-corrected chi connectivity index (χ2v) is 4.39. The van der Waals surface area contributed by atoms with E-state index in [2.05, 4.69) is 0 Å². The molecule has 0 heterocycles. The van der Waals surface area contributed by atoms with Crippen molar-refractivity contribution in [1.82, 2.24) is 0 Å². The highest BCUT2D eigenvalue weighted by molar-refractivity contribution is 6.01. The van der Waals surface area contributed by atoms with Crippen molar-refractivity contribution < 1.29 is 9.53 Å². The van der Waals surface area contributed by atoms with Gasteiger partial charge in [0.15, 0.2) is 11.5 Å². The number of carbonyl (C=O) groups excluding carboxylic acids is 1. The number of nitrogen functional groups attached to an aromatic ring is 1. The molecular weight excluding hydrogens is 226 g/mol. The first kappa shape index (κ1) is 10.8. The first-order valence-electron chi connectivity index (χ1n) is 5.92. The monoisotopic (exact) mass is 239 g/mol. The summed E-state index contributed by atoms with van der Waals surface area (Å²) in [6.45, 7) is 0. The summed E-state index contributed by atoms with van der Waals surface area (Å²) in [6.07, 6.45) is 1.35. The van der Waals surface area contributed by atoms with Gasteiger partial charge in [-0.05, 0) is 36.2 Å². The fraction of sp³-hybridized carbons (Fsp3) is 0.133. The number of carbonyl (C=O) groups is 1. The molecule has 1 aliphatic carbocycles. The lowest BCUT2D eigenvalue weighted by molar-refractivity contribution is 0.0994. The van der Waals surface area contributed by atoms with Gasteiger partial charge in [0.2, 0.25) is 0 Å². The molecule has 18 heavy (non-hydrogen) atoms. The molecule has 0 saturated carbocycles. The van der Waals surface area contributed by atoms with E-state index in [1.54, 1.807) is 6.07 Å². The lowest BCUT2D eigenvalue weighted by atomic mass is 10.1. The Kier molecular flexibility index (Phi) is 2.52. The number of fused-ring (bicyclic) bond motifs is 1. The third-order valence-corrected chi connectivity index (χ3v) is 3.13. The molecule has 1 aliphatic rings. The predicted molar refractivity (Wildman–Crippen MR) is 70.0 cm³/mol. The number of aryl methyl sites for hydroxylation is 1. The fourth-order valence-corrected chi connectivity index (χ4v) is 2.20. The Balaban J connectivity index is 1.98. The maximum atomic E-state index is 11.7. The van der Waals surface area contributed by atoms with Crippen molar-refractivity contribution in [2.45, 2.75) is 12.8 Å². The molecule has 0 aromatic heterocycles. The summed E-state index contributed by atoms with van der Waals surface area (Å²) >= 11 is 0. The van der Waals surface area contributed by atoms with Crippen molar-refractivity contribution >= 4 is 11.5 Å². The van der Waals surface area contributed by atoms with E-state index in [0.29, 0.717) is 17.9 Å². The zero-order valence-electron chi connectivity index (χ0n) is 9.85. The normalized spacial score (nSPS) is 13.4. The van der Waals surface area contributed by atoms with Crippen molar-refractivity contribution in [3.8, 4) is 11.5 Å². The molecule has 2 aromatic carbocycles. The highest BCUT2D eigenvalue weighted by Crippen LogP contribution is 2.34. The Hall–Kier alpha value is -2.29. The maximum Gasteiger partial charge on any atom is 0.163 e. The van der Waals surface area contributed by atoms with E-state index in [0.717, 1.165) is 23.3 Å². The van der Waals surface area contributed by atoms with Gasteiger partial charge in [0.1, 0.15) is 5.75 Å². The lowest BCUT2D eigenvalue weighted by Gasteiger charge is -2.10. The molecule has 2 aromatic rings. The molecular formula is C15H13NO2. The van der Waals surface area contributed by atoms with Crippen LogP contribution in [0.2, 0.25) is 0 Å². The van der Waals surface area contributed by atoms with Gasteiger partial charge in [-0.1, -0.05) is 18.2 Å². The van der Waals surface area contributed by atoms with Gasteiger partial charge in [-0.15, -0.1) is 0 Å². The summed E-state index contributed by atoms with van der Waals surface area (Å²) in [5, 5.41) is 0. The number of benzene rings is 2. The van der Waals surface area contributed by atoms with Crippen molar-refractivity contribution in [1.29, 1.82) is 0 Å². The second kappa shape index (κ2) is 4.18. The number of hydrogen-bond donors (Lipinski definition) is 1. The van der Waals surface area contributed by atoms with E-state index in [9.17, 15) is 4.79 Å². The van der Waals surface area contributed by atoms with Crippen LogP contribution in [0.3, 0.4) is 0 Å². The number of ketones is 1. The van der Waals surface area contributed by atoms with Crippen LogP contribution in [0.25, 0.3) is 0 Å². The minimum atomic E-state index is 0.169.